The topological polar surface area (TPSA) is 46.5 Å². The van der Waals surface area contributed by atoms with Crippen LogP contribution in [0.15, 0.2) is 0 Å². The first-order valence-corrected chi connectivity index (χ1v) is 4.31. The smallest absolute Gasteiger partial charge is 0.306 e. The lowest BCUT2D eigenvalue weighted by molar-refractivity contribution is -0.142. The highest BCUT2D eigenvalue weighted by atomic mass is 16.5. The van der Waals surface area contributed by atoms with Gasteiger partial charge in [0.25, 0.3) is 0 Å². The fraction of sp³-hybridized carbons (Fsp3) is 0.889. The Morgan fingerprint density at radius 2 is 2.08 bits per heavy atom. The second-order valence-corrected chi connectivity index (χ2v) is 3.24. The van der Waals surface area contributed by atoms with Gasteiger partial charge in [-0.25, -0.2) is 0 Å². The van der Waals surface area contributed by atoms with Crippen LogP contribution in [0.4, 0.5) is 0 Å². The maximum Gasteiger partial charge on any atom is 0.306 e. The molecule has 3 heteroatoms. The molecule has 0 aliphatic heterocycles. The molecule has 0 fully saturated rings. The van der Waals surface area contributed by atoms with Crippen molar-refractivity contribution >= 4 is 5.97 Å². The summed E-state index contributed by atoms with van der Waals surface area (Å²) >= 11 is 0. The molecule has 12 heavy (non-hydrogen) atoms. The Hall–Kier alpha value is -0.570. The molecule has 0 aliphatic rings. The molecule has 1 N–H and O–H groups in total. The first-order chi connectivity index (χ1) is 5.59. The molecule has 0 aliphatic carbocycles. The summed E-state index contributed by atoms with van der Waals surface area (Å²) in [6.07, 6.45) is 1.86. The molecule has 0 rings (SSSR count). The molecule has 0 spiro atoms. The van der Waals surface area contributed by atoms with Crippen molar-refractivity contribution in [3.63, 3.8) is 0 Å². The van der Waals surface area contributed by atoms with E-state index < -0.39 is 5.97 Å². The van der Waals surface area contributed by atoms with Crippen molar-refractivity contribution in [2.24, 2.45) is 11.8 Å². The predicted octanol–water partition coefficient (Wildman–Crippen LogP) is 1.77. The summed E-state index contributed by atoms with van der Waals surface area (Å²) in [5.74, 6) is -0.723. The van der Waals surface area contributed by atoms with Gasteiger partial charge in [0, 0.05) is 13.7 Å². The van der Waals surface area contributed by atoms with Crippen LogP contribution >= 0.6 is 0 Å². The zero-order valence-electron chi connectivity index (χ0n) is 8.04. The van der Waals surface area contributed by atoms with E-state index in [-0.39, 0.29) is 11.8 Å². The normalized spacial score (nSPS) is 15.6. The lowest BCUT2D eigenvalue weighted by Gasteiger charge is -2.14. The van der Waals surface area contributed by atoms with Gasteiger partial charge in [0.15, 0.2) is 0 Å². The first kappa shape index (κ1) is 11.4. The number of aliphatic carboxylic acids is 1. The molecule has 0 aromatic heterocycles. The van der Waals surface area contributed by atoms with Crippen LogP contribution in [0.25, 0.3) is 0 Å². The van der Waals surface area contributed by atoms with Crippen molar-refractivity contribution in [2.45, 2.75) is 26.7 Å². The molecule has 2 atom stereocenters. The molecule has 72 valence electrons. The third kappa shape index (κ3) is 4.34. The average molecular weight is 174 g/mol. The minimum absolute atomic E-state index is 0.234. The number of carboxylic acids is 1. The van der Waals surface area contributed by atoms with Gasteiger partial charge in [-0.2, -0.15) is 0 Å². The van der Waals surface area contributed by atoms with E-state index in [0.717, 1.165) is 19.4 Å². The largest absolute Gasteiger partial charge is 0.481 e. The van der Waals surface area contributed by atoms with Crippen molar-refractivity contribution in [3.8, 4) is 0 Å². The van der Waals surface area contributed by atoms with Gasteiger partial charge in [-0.1, -0.05) is 13.8 Å². The number of ether oxygens (including phenoxy) is 1. The molecular formula is C9H18O3. The highest BCUT2D eigenvalue weighted by Crippen LogP contribution is 2.16. The van der Waals surface area contributed by atoms with E-state index in [4.69, 9.17) is 9.84 Å². The second-order valence-electron chi connectivity index (χ2n) is 3.24. The number of rotatable bonds is 6. The number of hydrogen-bond acceptors (Lipinski definition) is 2. The van der Waals surface area contributed by atoms with Crippen molar-refractivity contribution in [1.82, 2.24) is 0 Å². The Kier molecular flexibility index (Phi) is 5.72. The highest BCUT2D eigenvalue weighted by molar-refractivity contribution is 5.69. The van der Waals surface area contributed by atoms with Crippen LogP contribution in [0.2, 0.25) is 0 Å². The Morgan fingerprint density at radius 1 is 1.50 bits per heavy atom. The van der Waals surface area contributed by atoms with Gasteiger partial charge < -0.3 is 9.84 Å². The van der Waals surface area contributed by atoms with E-state index in [1.807, 2.05) is 6.92 Å². The van der Waals surface area contributed by atoms with Gasteiger partial charge in [-0.3, -0.25) is 4.79 Å². The Labute approximate surface area is 73.7 Å². The number of hydrogen-bond donors (Lipinski definition) is 1. The predicted molar refractivity (Wildman–Crippen MR) is 47.1 cm³/mol. The van der Waals surface area contributed by atoms with Crippen LogP contribution in [-0.4, -0.2) is 24.8 Å². The number of carbonyl (C=O) groups is 1. The van der Waals surface area contributed by atoms with Crippen molar-refractivity contribution in [1.29, 1.82) is 0 Å². The molecule has 0 amide bonds. The van der Waals surface area contributed by atoms with Crippen LogP contribution < -0.4 is 0 Å². The standard InChI is InChI=1S/C9H18O3/c1-7(5-4-6-12-3)8(2)9(10)11/h7-8H,4-6H2,1-3H3,(H,10,11). The quantitative estimate of drug-likeness (QED) is 0.624. The molecule has 0 heterocycles. The van der Waals surface area contributed by atoms with Crippen LogP contribution in [0, 0.1) is 11.8 Å². The fourth-order valence-electron chi connectivity index (χ4n) is 1.04. The van der Waals surface area contributed by atoms with Crippen LogP contribution in [0.5, 0.6) is 0 Å². The molecule has 3 nitrogen and oxygen atoms in total. The minimum Gasteiger partial charge on any atom is -0.481 e. The van der Waals surface area contributed by atoms with E-state index >= 15 is 0 Å². The first-order valence-electron chi connectivity index (χ1n) is 4.31. The Balaban J connectivity index is 3.56. The summed E-state index contributed by atoms with van der Waals surface area (Å²) in [6.45, 7) is 4.44. The SMILES string of the molecule is COCCCC(C)C(C)C(=O)O. The van der Waals surface area contributed by atoms with E-state index in [1.165, 1.54) is 0 Å². The molecule has 0 aromatic carbocycles. The zero-order valence-corrected chi connectivity index (χ0v) is 8.04. The highest BCUT2D eigenvalue weighted by Gasteiger charge is 2.18. The van der Waals surface area contributed by atoms with Crippen LogP contribution in [0.1, 0.15) is 26.7 Å². The number of methoxy groups -OCH3 is 1. The Morgan fingerprint density at radius 3 is 2.50 bits per heavy atom. The van der Waals surface area contributed by atoms with E-state index in [2.05, 4.69) is 0 Å². The molecule has 2 unspecified atom stereocenters. The van der Waals surface area contributed by atoms with Crippen molar-refractivity contribution in [3.05, 3.63) is 0 Å². The summed E-state index contributed by atoms with van der Waals surface area (Å²) in [7, 11) is 1.66. The molecular weight excluding hydrogens is 156 g/mol. The lowest BCUT2D eigenvalue weighted by Crippen LogP contribution is -2.18. The lowest BCUT2D eigenvalue weighted by atomic mass is 9.92. The zero-order chi connectivity index (χ0) is 9.56. The van der Waals surface area contributed by atoms with Gasteiger partial charge >= 0.3 is 5.97 Å². The van der Waals surface area contributed by atoms with Gasteiger partial charge in [0.05, 0.1) is 5.92 Å². The maximum atomic E-state index is 10.5. The summed E-state index contributed by atoms with van der Waals surface area (Å²) in [5, 5.41) is 8.68. The van der Waals surface area contributed by atoms with Crippen molar-refractivity contribution in [2.75, 3.05) is 13.7 Å². The van der Waals surface area contributed by atoms with Crippen LogP contribution in [-0.2, 0) is 9.53 Å². The summed E-state index contributed by atoms with van der Waals surface area (Å²) in [6, 6.07) is 0. The van der Waals surface area contributed by atoms with Gasteiger partial charge in [-0.15, -0.1) is 0 Å². The fourth-order valence-corrected chi connectivity index (χ4v) is 1.04. The number of carboxylic acid groups (broad SMARTS) is 1. The third-order valence-electron chi connectivity index (χ3n) is 2.25. The summed E-state index contributed by atoms with van der Waals surface area (Å²) < 4.78 is 4.89. The molecule has 0 saturated heterocycles. The average Bonchev–Trinajstić information content (AvgIpc) is 2.03. The molecule has 0 radical (unpaired) electrons. The maximum absolute atomic E-state index is 10.5. The second kappa shape index (κ2) is 6.00. The monoisotopic (exact) mass is 174 g/mol. The van der Waals surface area contributed by atoms with E-state index in [1.54, 1.807) is 14.0 Å². The van der Waals surface area contributed by atoms with E-state index in [0.29, 0.717) is 0 Å². The minimum atomic E-state index is -0.708. The van der Waals surface area contributed by atoms with Crippen molar-refractivity contribution < 1.29 is 14.6 Å². The molecule has 0 bridgehead atoms. The third-order valence-corrected chi connectivity index (χ3v) is 2.25. The summed E-state index contributed by atoms with van der Waals surface area (Å²) in [4.78, 5) is 10.5. The molecule has 0 aromatic rings. The molecule has 0 saturated carbocycles. The Bertz CT molecular complexity index is 134. The van der Waals surface area contributed by atoms with Gasteiger partial charge in [-0.05, 0) is 18.8 Å². The van der Waals surface area contributed by atoms with Gasteiger partial charge in [0.2, 0.25) is 0 Å². The van der Waals surface area contributed by atoms with Crippen LogP contribution in [0.3, 0.4) is 0 Å². The van der Waals surface area contributed by atoms with Gasteiger partial charge in [0.1, 0.15) is 0 Å². The summed E-state index contributed by atoms with van der Waals surface area (Å²) in [5.41, 5.74) is 0. The van der Waals surface area contributed by atoms with E-state index in [9.17, 15) is 4.79 Å².